The summed E-state index contributed by atoms with van der Waals surface area (Å²) in [7, 11) is 0. The van der Waals surface area contributed by atoms with Crippen molar-refractivity contribution >= 4 is 0 Å². The lowest BCUT2D eigenvalue weighted by Crippen LogP contribution is -2.17. The second-order valence-corrected chi connectivity index (χ2v) is 3.37. The molecular formula is C11H22O. The van der Waals surface area contributed by atoms with Gasteiger partial charge in [0.15, 0.2) is 0 Å². The van der Waals surface area contributed by atoms with Crippen LogP contribution in [0.5, 0.6) is 0 Å². The van der Waals surface area contributed by atoms with E-state index in [0.29, 0.717) is 5.92 Å². The maximum atomic E-state index is 9.66. The number of hydrogen-bond donors (Lipinski definition) is 1. The molecular weight excluding hydrogens is 148 g/mol. The fourth-order valence-corrected chi connectivity index (χ4v) is 1.41. The van der Waals surface area contributed by atoms with Crippen LogP contribution in [0.4, 0.5) is 0 Å². The van der Waals surface area contributed by atoms with Crippen LogP contribution in [0.15, 0.2) is 12.7 Å². The van der Waals surface area contributed by atoms with E-state index in [-0.39, 0.29) is 6.10 Å². The van der Waals surface area contributed by atoms with Crippen LogP contribution in [0.25, 0.3) is 0 Å². The first-order valence-electron chi connectivity index (χ1n) is 5.06. The molecule has 0 aliphatic carbocycles. The third-order valence-electron chi connectivity index (χ3n) is 2.37. The summed E-state index contributed by atoms with van der Waals surface area (Å²) in [4.78, 5) is 0. The highest BCUT2D eigenvalue weighted by atomic mass is 16.3. The van der Waals surface area contributed by atoms with E-state index in [9.17, 15) is 5.11 Å². The first-order chi connectivity index (χ1) is 5.76. The lowest BCUT2D eigenvalue weighted by molar-refractivity contribution is 0.116. The van der Waals surface area contributed by atoms with Gasteiger partial charge >= 0.3 is 0 Å². The van der Waals surface area contributed by atoms with Gasteiger partial charge in [-0.05, 0) is 12.8 Å². The zero-order valence-corrected chi connectivity index (χ0v) is 8.42. The monoisotopic (exact) mass is 170 g/mol. The maximum Gasteiger partial charge on any atom is 0.0602 e. The Morgan fingerprint density at radius 3 is 2.42 bits per heavy atom. The number of hydrogen-bond acceptors (Lipinski definition) is 1. The van der Waals surface area contributed by atoms with Crippen molar-refractivity contribution in [1.29, 1.82) is 0 Å². The van der Waals surface area contributed by atoms with Crippen molar-refractivity contribution in [3.05, 3.63) is 12.7 Å². The van der Waals surface area contributed by atoms with Crippen LogP contribution in [0.1, 0.15) is 46.0 Å². The van der Waals surface area contributed by atoms with Gasteiger partial charge in [-0.1, -0.05) is 39.2 Å². The van der Waals surface area contributed by atoms with Gasteiger partial charge in [-0.2, -0.15) is 0 Å². The van der Waals surface area contributed by atoms with Crippen LogP contribution >= 0.6 is 0 Å². The van der Waals surface area contributed by atoms with Crippen molar-refractivity contribution < 1.29 is 5.11 Å². The second-order valence-electron chi connectivity index (χ2n) is 3.37. The van der Waals surface area contributed by atoms with Crippen molar-refractivity contribution in [3.8, 4) is 0 Å². The van der Waals surface area contributed by atoms with E-state index in [1.54, 1.807) is 0 Å². The van der Waals surface area contributed by atoms with Gasteiger partial charge in [-0.25, -0.2) is 0 Å². The standard InChI is InChI=1S/C11H22O/c1-4-7-8-9-11(12)10(5-2)6-3/h5,10-12H,2,4,6-9H2,1,3H3. The quantitative estimate of drug-likeness (QED) is 0.459. The maximum absolute atomic E-state index is 9.66. The number of aliphatic hydroxyl groups excluding tert-OH is 1. The molecule has 0 amide bonds. The molecule has 0 fully saturated rings. The Kier molecular flexibility index (Phi) is 7.17. The van der Waals surface area contributed by atoms with Crippen LogP contribution in [-0.4, -0.2) is 11.2 Å². The molecule has 0 heterocycles. The van der Waals surface area contributed by atoms with Gasteiger partial charge in [0.2, 0.25) is 0 Å². The van der Waals surface area contributed by atoms with E-state index in [1.807, 2.05) is 6.08 Å². The minimum Gasteiger partial charge on any atom is -0.393 e. The molecule has 0 aromatic rings. The summed E-state index contributed by atoms with van der Waals surface area (Å²) in [6.45, 7) is 7.99. The predicted octanol–water partition coefficient (Wildman–Crippen LogP) is 3.14. The minimum atomic E-state index is -0.168. The van der Waals surface area contributed by atoms with Gasteiger partial charge in [0.25, 0.3) is 0 Å². The van der Waals surface area contributed by atoms with Crippen molar-refractivity contribution in [2.24, 2.45) is 5.92 Å². The molecule has 0 rings (SSSR count). The Hall–Kier alpha value is -0.300. The number of unbranched alkanes of at least 4 members (excludes halogenated alkanes) is 2. The summed E-state index contributed by atoms with van der Waals surface area (Å²) in [5.74, 6) is 0.293. The predicted molar refractivity (Wildman–Crippen MR) is 54.1 cm³/mol. The lowest BCUT2D eigenvalue weighted by atomic mass is 9.95. The Morgan fingerprint density at radius 2 is 2.00 bits per heavy atom. The van der Waals surface area contributed by atoms with E-state index >= 15 is 0 Å². The molecule has 0 radical (unpaired) electrons. The van der Waals surface area contributed by atoms with Gasteiger partial charge in [0.1, 0.15) is 0 Å². The summed E-state index contributed by atoms with van der Waals surface area (Å²) < 4.78 is 0. The summed E-state index contributed by atoms with van der Waals surface area (Å²) in [5, 5.41) is 9.66. The lowest BCUT2D eigenvalue weighted by Gasteiger charge is -2.17. The molecule has 2 unspecified atom stereocenters. The first-order valence-corrected chi connectivity index (χ1v) is 5.06. The molecule has 0 spiro atoms. The Balaban J connectivity index is 3.53. The summed E-state index contributed by atoms with van der Waals surface area (Å²) in [5.41, 5.74) is 0. The Morgan fingerprint density at radius 1 is 1.33 bits per heavy atom. The topological polar surface area (TPSA) is 20.2 Å². The molecule has 0 aromatic heterocycles. The average Bonchev–Trinajstić information content (AvgIpc) is 2.07. The normalized spacial score (nSPS) is 15.6. The van der Waals surface area contributed by atoms with Gasteiger partial charge in [-0.3, -0.25) is 0 Å². The summed E-state index contributed by atoms with van der Waals surface area (Å²) in [6, 6.07) is 0. The molecule has 1 N–H and O–H groups in total. The first kappa shape index (κ1) is 11.7. The van der Waals surface area contributed by atoms with Crippen molar-refractivity contribution in [1.82, 2.24) is 0 Å². The molecule has 72 valence electrons. The van der Waals surface area contributed by atoms with Crippen LogP contribution in [0, 0.1) is 5.92 Å². The molecule has 2 atom stereocenters. The third kappa shape index (κ3) is 4.55. The highest BCUT2D eigenvalue weighted by Gasteiger charge is 2.12. The van der Waals surface area contributed by atoms with Crippen molar-refractivity contribution in [2.75, 3.05) is 0 Å². The summed E-state index contributed by atoms with van der Waals surface area (Å²) >= 11 is 0. The highest BCUT2D eigenvalue weighted by molar-refractivity contribution is 4.83. The molecule has 0 saturated heterocycles. The van der Waals surface area contributed by atoms with Gasteiger partial charge in [0, 0.05) is 5.92 Å². The third-order valence-corrected chi connectivity index (χ3v) is 2.37. The molecule has 1 nitrogen and oxygen atoms in total. The zero-order chi connectivity index (χ0) is 9.40. The minimum absolute atomic E-state index is 0.168. The molecule has 0 bridgehead atoms. The molecule has 0 aliphatic rings. The van der Waals surface area contributed by atoms with Crippen LogP contribution in [0.3, 0.4) is 0 Å². The Bertz CT molecular complexity index is 110. The van der Waals surface area contributed by atoms with Crippen molar-refractivity contribution in [2.45, 2.75) is 52.1 Å². The van der Waals surface area contributed by atoms with E-state index < -0.39 is 0 Å². The fraction of sp³-hybridized carbons (Fsp3) is 0.818. The van der Waals surface area contributed by atoms with Gasteiger partial charge in [0.05, 0.1) is 6.10 Å². The molecule has 0 aromatic carbocycles. The SMILES string of the molecule is C=CC(CC)C(O)CCCCC. The zero-order valence-electron chi connectivity index (χ0n) is 8.42. The van der Waals surface area contributed by atoms with E-state index in [4.69, 9.17) is 0 Å². The van der Waals surface area contributed by atoms with E-state index in [2.05, 4.69) is 20.4 Å². The molecule has 0 saturated carbocycles. The second kappa shape index (κ2) is 7.35. The molecule has 12 heavy (non-hydrogen) atoms. The van der Waals surface area contributed by atoms with Crippen molar-refractivity contribution in [3.63, 3.8) is 0 Å². The smallest absolute Gasteiger partial charge is 0.0602 e. The number of rotatable bonds is 7. The van der Waals surface area contributed by atoms with E-state index in [1.165, 1.54) is 12.8 Å². The van der Waals surface area contributed by atoms with Crippen LogP contribution in [0.2, 0.25) is 0 Å². The molecule has 1 heteroatoms. The van der Waals surface area contributed by atoms with Crippen LogP contribution < -0.4 is 0 Å². The average molecular weight is 170 g/mol. The fourth-order valence-electron chi connectivity index (χ4n) is 1.41. The van der Waals surface area contributed by atoms with Gasteiger partial charge in [-0.15, -0.1) is 6.58 Å². The van der Waals surface area contributed by atoms with E-state index in [0.717, 1.165) is 19.3 Å². The largest absolute Gasteiger partial charge is 0.393 e. The van der Waals surface area contributed by atoms with Crippen LogP contribution in [-0.2, 0) is 0 Å². The van der Waals surface area contributed by atoms with Gasteiger partial charge < -0.3 is 5.11 Å². The summed E-state index contributed by atoms with van der Waals surface area (Å²) in [6.07, 6.45) is 7.22. The number of aliphatic hydroxyl groups is 1. The highest BCUT2D eigenvalue weighted by Crippen LogP contribution is 2.15. The Labute approximate surface area is 76.5 Å². The molecule has 0 aliphatic heterocycles.